The first-order chi connectivity index (χ1) is 9.80. The van der Waals surface area contributed by atoms with Crippen LogP contribution < -0.4 is 5.19 Å². The van der Waals surface area contributed by atoms with Gasteiger partial charge in [-0.05, 0) is 30.2 Å². The Morgan fingerprint density at radius 3 is 2.15 bits per heavy atom. The van der Waals surface area contributed by atoms with Crippen molar-refractivity contribution in [3.8, 4) is 0 Å². The SMILES string of the molecule is CCC[Si](CCC)(c1ccccc1)C1CC2C=CC1C2. The van der Waals surface area contributed by atoms with Crippen molar-refractivity contribution < 1.29 is 0 Å². The van der Waals surface area contributed by atoms with Gasteiger partial charge in [0.1, 0.15) is 0 Å². The van der Waals surface area contributed by atoms with Crippen molar-refractivity contribution in [1.29, 1.82) is 0 Å². The van der Waals surface area contributed by atoms with Crippen LogP contribution in [0.3, 0.4) is 0 Å². The largest absolute Gasteiger partial charge is 0.0903 e. The van der Waals surface area contributed by atoms with E-state index in [0.29, 0.717) is 0 Å². The first-order valence-electron chi connectivity index (χ1n) is 8.54. The summed E-state index contributed by atoms with van der Waals surface area (Å²) in [6, 6.07) is 14.6. The Morgan fingerprint density at radius 2 is 1.65 bits per heavy atom. The molecule has 20 heavy (non-hydrogen) atoms. The minimum Gasteiger partial charge on any atom is -0.0851 e. The lowest BCUT2D eigenvalue weighted by molar-refractivity contribution is 0.662. The van der Waals surface area contributed by atoms with Gasteiger partial charge in [0.15, 0.2) is 0 Å². The summed E-state index contributed by atoms with van der Waals surface area (Å²) in [6.07, 6.45) is 10.7. The monoisotopic (exact) mass is 284 g/mol. The van der Waals surface area contributed by atoms with Gasteiger partial charge in [0.2, 0.25) is 0 Å². The highest BCUT2D eigenvalue weighted by Crippen LogP contribution is 2.54. The zero-order valence-electron chi connectivity index (χ0n) is 13.0. The van der Waals surface area contributed by atoms with E-state index < -0.39 is 8.07 Å². The third kappa shape index (κ3) is 2.30. The molecule has 0 spiro atoms. The number of hydrogen-bond donors (Lipinski definition) is 0. The van der Waals surface area contributed by atoms with Gasteiger partial charge in [-0.15, -0.1) is 0 Å². The molecule has 2 bridgehead atoms. The van der Waals surface area contributed by atoms with Crippen LogP contribution in [0.25, 0.3) is 0 Å². The van der Waals surface area contributed by atoms with E-state index >= 15 is 0 Å². The molecule has 0 aliphatic heterocycles. The van der Waals surface area contributed by atoms with Gasteiger partial charge in [-0.1, -0.05) is 86.4 Å². The van der Waals surface area contributed by atoms with E-state index in [1.807, 2.05) is 0 Å². The van der Waals surface area contributed by atoms with Crippen LogP contribution in [0.1, 0.15) is 39.5 Å². The lowest BCUT2D eigenvalue weighted by Gasteiger charge is -2.41. The number of allylic oxidation sites excluding steroid dienone is 2. The van der Waals surface area contributed by atoms with Crippen molar-refractivity contribution in [2.45, 2.75) is 57.2 Å². The minimum absolute atomic E-state index is 0.907. The van der Waals surface area contributed by atoms with Crippen LogP contribution in [0.5, 0.6) is 0 Å². The smallest absolute Gasteiger partial charge is 0.0851 e. The first-order valence-corrected chi connectivity index (χ1v) is 11.0. The van der Waals surface area contributed by atoms with Crippen LogP contribution in [0.15, 0.2) is 42.5 Å². The lowest BCUT2D eigenvalue weighted by atomic mass is 10.1. The highest BCUT2D eigenvalue weighted by atomic mass is 28.3. The second-order valence-corrected chi connectivity index (χ2v) is 11.5. The van der Waals surface area contributed by atoms with Crippen molar-refractivity contribution in [1.82, 2.24) is 0 Å². The Hall–Kier alpha value is -0.823. The predicted molar refractivity (Wildman–Crippen MR) is 91.1 cm³/mol. The summed E-state index contributed by atoms with van der Waals surface area (Å²) < 4.78 is 0. The van der Waals surface area contributed by atoms with Gasteiger partial charge in [-0.2, -0.15) is 0 Å². The molecule has 1 aromatic rings. The summed E-state index contributed by atoms with van der Waals surface area (Å²) in [5.41, 5.74) is 1.01. The maximum atomic E-state index is 2.56. The van der Waals surface area contributed by atoms with Gasteiger partial charge in [0.25, 0.3) is 0 Å². The molecule has 0 nitrogen and oxygen atoms in total. The molecule has 1 fully saturated rings. The van der Waals surface area contributed by atoms with Crippen LogP contribution in [0.2, 0.25) is 17.6 Å². The molecule has 1 saturated carbocycles. The quantitative estimate of drug-likeness (QED) is 0.502. The standard InChI is InChI=1S/C19H28Si/c1-3-12-20(13-4-2,18-8-6-5-7-9-18)19-15-16-10-11-17(19)14-16/h5-11,16-17,19H,3-4,12-15H2,1-2H3. The number of benzene rings is 1. The molecule has 3 atom stereocenters. The highest BCUT2D eigenvalue weighted by Gasteiger charge is 2.49. The predicted octanol–water partition coefficient (Wildman–Crippen LogP) is 5.13. The van der Waals surface area contributed by atoms with Crippen molar-refractivity contribution in [3.05, 3.63) is 42.5 Å². The molecule has 3 unspecified atom stereocenters. The Morgan fingerprint density at radius 1 is 0.950 bits per heavy atom. The minimum atomic E-state index is -1.34. The fourth-order valence-electron chi connectivity index (χ4n) is 5.08. The molecule has 0 saturated heterocycles. The van der Waals surface area contributed by atoms with Gasteiger partial charge < -0.3 is 0 Å². The Balaban J connectivity index is 2.00. The molecule has 2 aliphatic rings. The fraction of sp³-hybridized carbons (Fsp3) is 0.579. The zero-order chi connectivity index (χ0) is 14.0. The summed E-state index contributed by atoms with van der Waals surface area (Å²) in [5.74, 6) is 1.82. The zero-order valence-corrected chi connectivity index (χ0v) is 14.0. The second kappa shape index (κ2) is 5.89. The molecule has 3 rings (SSSR count). The van der Waals surface area contributed by atoms with Crippen LogP contribution in [-0.2, 0) is 0 Å². The van der Waals surface area contributed by atoms with E-state index in [-0.39, 0.29) is 0 Å². The second-order valence-electron chi connectivity index (χ2n) is 6.91. The van der Waals surface area contributed by atoms with Crippen molar-refractivity contribution >= 4 is 13.3 Å². The molecule has 1 heteroatoms. The molecule has 2 aliphatic carbocycles. The lowest BCUT2D eigenvalue weighted by Crippen LogP contribution is -2.52. The summed E-state index contributed by atoms with van der Waals surface area (Å²) in [4.78, 5) is 0. The maximum Gasteiger partial charge on any atom is 0.0903 e. The molecule has 108 valence electrons. The number of hydrogen-bond acceptors (Lipinski definition) is 0. The molecule has 0 aromatic heterocycles. The first kappa shape index (κ1) is 14.1. The Bertz CT molecular complexity index is 456. The van der Waals surface area contributed by atoms with Crippen LogP contribution in [0.4, 0.5) is 0 Å². The molecule has 0 radical (unpaired) electrons. The van der Waals surface area contributed by atoms with E-state index in [1.165, 1.54) is 37.8 Å². The van der Waals surface area contributed by atoms with Gasteiger partial charge in [-0.25, -0.2) is 0 Å². The van der Waals surface area contributed by atoms with Gasteiger partial charge in [0, 0.05) is 0 Å². The van der Waals surface area contributed by atoms with E-state index in [4.69, 9.17) is 0 Å². The van der Waals surface area contributed by atoms with E-state index in [9.17, 15) is 0 Å². The molecule has 0 heterocycles. The molecular weight excluding hydrogens is 256 g/mol. The van der Waals surface area contributed by atoms with E-state index in [0.717, 1.165) is 17.4 Å². The highest BCUT2D eigenvalue weighted by molar-refractivity contribution is 6.93. The fourth-order valence-corrected chi connectivity index (χ4v) is 11.5. The molecular formula is C19H28Si. The van der Waals surface area contributed by atoms with Crippen LogP contribution in [-0.4, -0.2) is 8.07 Å². The summed E-state index contributed by atoms with van der Waals surface area (Å²) >= 11 is 0. The van der Waals surface area contributed by atoms with E-state index in [2.05, 4.69) is 56.3 Å². The van der Waals surface area contributed by atoms with Crippen LogP contribution >= 0.6 is 0 Å². The third-order valence-corrected chi connectivity index (χ3v) is 12.1. The Kier molecular flexibility index (Phi) is 4.16. The topological polar surface area (TPSA) is 0 Å². The third-order valence-electron chi connectivity index (χ3n) is 5.73. The molecule has 1 aromatic carbocycles. The van der Waals surface area contributed by atoms with Crippen molar-refractivity contribution in [2.75, 3.05) is 0 Å². The van der Waals surface area contributed by atoms with Crippen LogP contribution in [0, 0.1) is 11.8 Å². The normalized spacial score (nSPS) is 28.2. The molecule has 0 amide bonds. The summed E-state index contributed by atoms with van der Waals surface area (Å²) in [7, 11) is -1.34. The van der Waals surface area contributed by atoms with Crippen molar-refractivity contribution in [3.63, 3.8) is 0 Å². The average molecular weight is 285 g/mol. The van der Waals surface area contributed by atoms with Gasteiger partial charge in [0.05, 0.1) is 8.07 Å². The number of rotatable bonds is 6. The Labute approximate surface area is 125 Å². The average Bonchev–Trinajstić information content (AvgIpc) is 3.11. The van der Waals surface area contributed by atoms with E-state index in [1.54, 1.807) is 5.19 Å². The maximum absolute atomic E-state index is 2.56. The molecule has 0 N–H and O–H groups in total. The van der Waals surface area contributed by atoms with Gasteiger partial charge >= 0.3 is 0 Å². The summed E-state index contributed by atoms with van der Waals surface area (Å²) in [5, 5.41) is 1.75. The number of fused-ring (bicyclic) bond motifs is 2. The van der Waals surface area contributed by atoms with Crippen molar-refractivity contribution in [2.24, 2.45) is 11.8 Å². The van der Waals surface area contributed by atoms with Gasteiger partial charge in [-0.3, -0.25) is 0 Å². The summed E-state index contributed by atoms with van der Waals surface area (Å²) in [6.45, 7) is 4.78.